The molecule has 0 unspecified atom stereocenters. The van der Waals surface area contributed by atoms with E-state index in [1.807, 2.05) is 0 Å². The smallest absolute Gasteiger partial charge is 0.147 e. The lowest BCUT2D eigenvalue weighted by atomic mass is 10.1. The van der Waals surface area contributed by atoms with Crippen molar-refractivity contribution in [3.05, 3.63) is 12.8 Å². The summed E-state index contributed by atoms with van der Waals surface area (Å²) in [6.07, 6.45) is 15.4. The Kier molecular flexibility index (Phi) is 15.8. The van der Waals surface area contributed by atoms with Gasteiger partial charge >= 0.3 is 0 Å². The van der Waals surface area contributed by atoms with Crippen molar-refractivity contribution < 1.29 is 21.9 Å². The summed E-state index contributed by atoms with van der Waals surface area (Å²) in [5, 5.41) is 0. The van der Waals surface area contributed by atoms with E-state index in [1.54, 1.807) is 0 Å². The number of nitrogens with zero attached hydrogens (tertiary/aromatic N) is 1. The molecule has 0 radical (unpaired) electrons. The molecular formula is C16H34ClNO. The summed E-state index contributed by atoms with van der Waals surface area (Å²) < 4.78 is 0.598. The summed E-state index contributed by atoms with van der Waals surface area (Å²) in [6, 6.07) is 0. The van der Waals surface area contributed by atoms with Crippen LogP contribution in [0.2, 0.25) is 0 Å². The SMILES string of the molecule is C=CO[N+](C)(C)CCCCCCCCCCCC.[Cl-]. The van der Waals surface area contributed by atoms with Gasteiger partial charge in [0.15, 0.2) is 0 Å². The molecule has 0 aromatic rings. The minimum atomic E-state index is 0. The van der Waals surface area contributed by atoms with E-state index in [-0.39, 0.29) is 12.4 Å². The molecule has 0 fully saturated rings. The first-order chi connectivity index (χ1) is 8.62. The molecule has 0 spiro atoms. The van der Waals surface area contributed by atoms with Gasteiger partial charge in [0.05, 0.1) is 0 Å². The van der Waals surface area contributed by atoms with Crippen LogP contribution in [0.3, 0.4) is 0 Å². The van der Waals surface area contributed by atoms with Crippen LogP contribution >= 0.6 is 0 Å². The van der Waals surface area contributed by atoms with Crippen molar-refractivity contribution in [2.24, 2.45) is 0 Å². The highest BCUT2D eigenvalue weighted by Gasteiger charge is 2.13. The third-order valence-corrected chi connectivity index (χ3v) is 3.41. The Morgan fingerprint density at radius 3 is 1.68 bits per heavy atom. The van der Waals surface area contributed by atoms with E-state index >= 15 is 0 Å². The molecule has 0 rings (SSSR count). The van der Waals surface area contributed by atoms with Gasteiger partial charge in [0, 0.05) is 6.42 Å². The second-order valence-electron chi connectivity index (χ2n) is 5.75. The van der Waals surface area contributed by atoms with Gasteiger partial charge in [-0.15, -0.1) is 4.65 Å². The molecule has 0 aromatic heterocycles. The van der Waals surface area contributed by atoms with Gasteiger partial charge in [0.2, 0.25) is 0 Å². The summed E-state index contributed by atoms with van der Waals surface area (Å²) in [7, 11) is 4.16. The number of rotatable bonds is 13. The normalized spacial score (nSPS) is 10.9. The van der Waals surface area contributed by atoms with Gasteiger partial charge < -0.3 is 17.2 Å². The maximum absolute atomic E-state index is 5.41. The maximum Gasteiger partial charge on any atom is 0.147 e. The van der Waals surface area contributed by atoms with Crippen LogP contribution in [0, 0.1) is 0 Å². The number of quaternary nitrogens is 1. The number of unbranched alkanes of at least 4 members (excludes halogenated alkanes) is 9. The van der Waals surface area contributed by atoms with E-state index in [0.29, 0.717) is 4.65 Å². The predicted octanol–water partition coefficient (Wildman–Crippen LogP) is 2.06. The third kappa shape index (κ3) is 15.7. The quantitative estimate of drug-likeness (QED) is 0.218. The zero-order valence-corrected chi connectivity index (χ0v) is 14.1. The molecule has 0 amide bonds. The van der Waals surface area contributed by atoms with Gasteiger partial charge in [-0.05, 0) is 6.42 Å². The van der Waals surface area contributed by atoms with Crippen LogP contribution in [0.4, 0.5) is 0 Å². The largest absolute Gasteiger partial charge is 1.00 e. The Labute approximate surface area is 127 Å². The van der Waals surface area contributed by atoms with E-state index in [2.05, 4.69) is 27.6 Å². The van der Waals surface area contributed by atoms with E-state index < -0.39 is 0 Å². The van der Waals surface area contributed by atoms with E-state index in [9.17, 15) is 0 Å². The number of hydrogen-bond donors (Lipinski definition) is 0. The summed E-state index contributed by atoms with van der Waals surface area (Å²) in [6.45, 7) is 6.95. The molecule has 0 N–H and O–H groups in total. The van der Waals surface area contributed by atoms with E-state index in [0.717, 1.165) is 6.54 Å². The monoisotopic (exact) mass is 291 g/mol. The van der Waals surface area contributed by atoms with Gasteiger partial charge in [-0.1, -0.05) is 64.9 Å². The Morgan fingerprint density at radius 1 is 0.842 bits per heavy atom. The van der Waals surface area contributed by atoms with E-state index in [4.69, 9.17) is 4.84 Å². The van der Waals surface area contributed by atoms with Crippen LogP contribution in [-0.4, -0.2) is 25.3 Å². The van der Waals surface area contributed by atoms with Crippen molar-refractivity contribution in [1.29, 1.82) is 0 Å². The number of hydroxylamine groups is 3. The first kappa shape index (κ1) is 21.1. The van der Waals surface area contributed by atoms with Crippen LogP contribution in [0.15, 0.2) is 12.8 Å². The summed E-state index contributed by atoms with van der Waals surface area (Å²) in [4.78, 5) is 5.41. The maximum atomic E-state index is 5.41. The van der Waals surface area contributed by atoms with Crippen molar-refractivity contribution in [3.63, 3.8) is 0 Å². The zero-order chi connectivity index (χ0) is 13.7. The standard InChI is InChI=1S/C16H34NO.ClH/c1-5-7-8-9-10-11-12-13-14-15-16-17(3,4)18-6-2;/h6H,2,5,7-16H2,1,3-4H3;1H/q+1;/p-1. The topological polar surface area (TPSA) is 9.23 Å². The summed E-state index contributed by atoms with van der Waals surface area (Å²) in [5.74, 6) is 0. The predicted molar refractivity (Wildman–Crippen MR) is 80.1 cm³/mol. The van der Waals surface area contributed by atoms with Crippen LogP contribution < -0.4 is 12.4 Å². The summed E-state index contributed by atoms with van der Waals surface area (Å²) in [5.41, 5.74) is 0. The highest BCUT2D eigenvalue weighted by Crippen LogP contribution is 2.11. The Balaban J connectivity index is 0. The van der Waals surface area contributed by atoms with Crippen LogP contribution in [0.5, 0.6) is 0 Å². The molecule has 116 valence electrons. The molecule has 0 bridgehead atoms. The molecule has 0 saturated heterocycles. The third-order valence-electron chi connectivity index (χ3n) is 3.41. The highest BCUT2D eigenvalue weighted by molar-refractivity contribution is 4.47. The summed E-state index contributed by atoms with van der Waals surface area (Å²) >= 11 is 0. The van der Waals surface area contributed by atoms with Gasteiger partial charge in [-0.2, -0.15) is 0 Å². The minimum Gasteiger partial charge on any atom is -1.00 e. The van der Waals surface area contributed by atoms with Gasteiger partial charge in [-0.25, -0.2) is 0 Å². The molecule has 0 aromatic carbocycles. The van der Waals surface area contributed by atoms with E-state index in [1.165, 1.54) is 70.5 Å². The van der Waals surface area contributed by atoms with Crippen molar-refractivity contribution in [2.75, 3.05) is 20.6 Å². The molecule has 0 saturated carbocycles. The lowest BCUT2D eigenvalue weighted by Crippen LogP contribution is -3.00. The Hall–Kier alpha value is -0.210. The van der Waals surface area contributed by atoms with Crippen LogP contribution in [0.25, 0.3) is 0 Å². The minimum absolute atomic E-state index is 0. The molecule has 0 atom stereocenters. The first-order valence-electron chi connectivity index (χ1n) is 7.74. The highest BCUT2D eigenvalue weighted by atomic mass is 35.5. The van der Waals surface area contributed by atoms with Crippen LogP contribution in [-0.2, 0) is 4.84 Å². The first-order valence-corrected chi connectivity index (χ1v) is 7.74. The Morgan fingerprint density at radius 2 is 1.26 bits per heavy atom. The lowest BCUT2D eigenvalue weighted by Gasteiger charge is -2.25. The van der Waals surface area contributed by atoms with Gasteiger partial charge in [0.25, 0.3) is 0 Å². The van der Waals surface area contributed by atoms with Crippen molar-refractivity contribution >= 4 is 0 Å². The van der Waals surface area contributed by atoms with Gasteiger partial charge in [-0.3, -0.25) is 0 Å². The fraction of sp³-hybridized carbons (Fsp3) is 0.875. The van der Waals surface area contributed by atoms with Crippen LogP contribution in [0.1, 0.15) is 71.1 Å². The van der Waals surface area contributed by atoms with Gasteiger partial charge in [0.1, 0.15) is 26.9 Å². The molecule has 3 heteroatoms. The average Bonchev–Trinajstić information content (AvgIpc) is 2.31. The van der Waals surface area contributed by atoms with Crippen molar-refractivity contribution in [2.45, 2.75) is 71.1 Å². The van der Waals surface area contributed by atoms with Crippen molar-refractivity contribution in [3.8, 4) is 0 Å². The fourth-order valence-electron chi connectivity index (χ4n) is 2.23. The Bertz CT molecular complexity index is 195. The molecule has 19 heavy (non-hydrogen) atoms. The lowest BCUT2D eigenvalue weighted by molar-refractivity contribution is -1.07. The molecule has 0 aliphatic heterocycles. The fourth-order valence-corrected chi connectivity index (χ4v) is 2.23. The molecule has 0 aliphatic rings. The van der Waals surface area contributed by atoms with Crippen molar-refractivity contribution in [1.82, 2.24) is 0 Å². The second-order valence-corrected chi connectivity index (χ2v) is 5.75. The zero-order valence-electron chi connectivity index (χ0n) is 13.3. The molecule has 0 heterocycles. The molecule has 2 nitrogen and oxygen atoms in total. The number of halogens is 1. The average molecular weight is 292 g/mol. The number of hydrogen-bond acceptors (Lipinski definition) is 1. The molecular weight excluding hydrogens is 258 g/mol. The molecule has 0 aliphatic carbocycles. The second kappa shape index (κ2) is 14.2.